The van der Waals surface area contributed by atoms with Gasteiger partial charge in [0.2, 0.25) is 0 Å². The summed E-state index contributed by atoms with van der Waals surface area (Å²) in [5.74, 6) is -0.680. The minimum Gasteiger partial charge on any atom is -0.444 e. The van der Waals surface area contributed by atoms with Crippen LogP contribution in [0.3, 0.4) is 0 Å². The van der Waals surface area contributed by atoms with Gasteiger partial charge in [0.25, 0.3) is 25.8 Å². The van der Waals surface area contributed by atoms with Gasteiger partial charge >= 0.3 is 11.6 Å². The quantitative estimate of drug-likeness (QED) is 0.0906. The van der Waals surface area contributed by atoms with E-state index in [1.807, 2.05) is 68.0 Å². The molecular formula is C57H73ClF3N7O8S3. The van der Waals surface area contributed by atoms with Crippen molar-refractivity contribution in [2.75, 3.05) is 114 Å². The summed E-state index contributed by atoms with van der Waals surface area (Å²) in [6.45, 7) is 18.6. The Labute approximate surface area is 473 Å². The highest BCUT2D eigenvalue weighted by Gasteiger charge is 2.49. The second kappa shape index (κ2) is 25.9. The average molecular weight is 1170 g/mol. The summed E-state index contributed by atoms with van der Waals surface area (Å²) in [4.78, 5) is 36.2. The monoisotopic (exact) mass is 1170 g/mol. The zero-order chi connectivity index (χ0) is 56.6. The molecule has 0 radical (unpaired) electrons. The number of nitrogens with zero attached hydrogens (tertiary/aromatic N) is 5. The van der Waals surface area contributed by atoms with Gasteiger partial charge in [0.1, 0.15) is 10.5 Å². The molecule has 0 aromatic heterocycles. The molecule has 79 heavy (non-hydrogen) atoms. The van der Waals surface area contributed by atoms with E-state index in [0.29, 0.717) is 75.7 Å². The first-order chi connectivity index (χ1) is 37.4. The molecular weight excluding hydrogens is 1100 g/mol. The number of carbonyl (C=O) groups is 2. The number of nitrogens with one attached hydrogen (secondary N) is 2. The molecule has 4 aromatic rings. The van der Waals surface area contributed by atoms with Gasteiger partial charge in [-0.2, -0.15) is 13.2 Å². The molecule has 2 atom stereocenters. The lowest BCUT2D eigenvalue weighted by atomic mass is 9.71. The Morgan fingerprint density at radius 1 is 0.810 bits per heavy atom. The molecule has 4 aromatic carbocycles. The van der Waals surface area contributed by atoms with E-state index in [9.17, 15) is 39.6 Å². The van der Waals surface area contributed by atoms with Crippen molar-refractivity contribution >= 4 is 72.2 Å². The van der Waals surface area contributed by atoms with Gasteiger partial charge in [0.05, 0.1) is 17.2 Å². The zero-order valence-corrected chi connectivity index (χ0v) is 48.6. The van der Waals surface area contributed by atoms with Crippen LogP contribution in [0.15, 0.2) is 117 Å². The van der Waals surface area contributed by atoms with Crippen molar-refractivity contribution in [3.63, 3.8) is 0 Å². The highest BCUT2D eigenvalue weighted by molar-refractivity contribution is 7.99. The molecule has 4 aliphatic rings. The largest absolute Gasteiger partial charge is 0.501 e. The lowest BCUT2D eigenvalue weighted by molar-refractivity contribution is -0.0436. The zero-order valence-electron chi connectivity index (χ0n) is 45.4. The molecule has 1 unspecified atom stereocenters. The number of anilines is 2. The van der Waals surface area contributed by atoms with Gasteiger partial charge in [-0.05, 0) is 136 Å². The molecule has 0 saturated carbocycles. The maximum absolute atomic E-state index is 14.3. The standard InChI is InChI=1S/C57H73ClF3N7O8S3/c1-55(2,3)76-54(70)68-32-28-66(29-33-68)41-56(4)23-21-50(42-11-15-45(58)16-12-42)44(38-56)39-65-26-30-67(31-27-65)47-17-13-43(14-18-47)53(69)63-79(73,74)49-19-20-51(52(37-49)78(71,72)57(59,60)61)62-46(40-77-48-9-6-5-7-10-48)22-25-64-24-8-35-75-36-34-64/h5-7,9-20,37,46,62H,8,21-36,38-41H2,1-4H3,(H,63,69)/t46?,56-/m1/s1. The van der Waals surface area contributed by atoms with E-state index in [1.54, 1.807) is 17.0 Å². The summed E-state index contributed by atoms with van der Waals surface area (Å²) in [6, 6.07) is 25.8. The summed E-state index contributed by atoms with van der Waals surface area (Å²) < 4.78 is 110. The Morgan fingerprint density at radius 3 is 2.16 bits per heavy atom. The van der Waals surface area contributed by atoms with Crippen molar-refractivity contribution in [1.82, 2.24) is 24.3 Å². The molecule has 1 aliphatic carbocycles. The lowest BCUT2D eigenvalue weighted by Crippen LogP contribution is -2.52. The number of ether oxygens (including phenoxy) is 2. The van der Waals surface area contributed by atoms with Crippen LogP contribution in [0, 0.1) is 5.41 Å². The van der Waals surface area contributed by atoms with Crippen LogP contribution in [0.25, 0.3) is 5.57 Å². The molecule has 15 nitrogen and oxygen atoms in total. The first-order valence-corrected chi connectivity index (χ1v) is 31.3. The Morgan fingerprint density at radius 2 is 1.49 bits per heavy atom. The van der Waals surface area contributed by atoms with Crippen LogP contribution in [0.4, 0.5) is 29.3 Å². The van der Waals surface area contributed by atoms with Crippen molar-refractivity contribution in [1.29, 1.82) is 0 Å². The van der Waals surface area contributed by atoms with Crippen molar-refractivity contribution < 1.29 is 49.1 Å². The van der Waals surface area contributed by atoms with Crippen molar-refractivity contribution in [2.45, 2.75) is 91.6 Å². The van der Waals surface area contributed by atoms with Crippen LogP contribution in [-0.4, -0.2) is 170 Å². The van der Waals surface area contributed by atoms with Crippen LogP contribution in [-0.2, 0) is 29.3 Å². The fraction of sp³-hybridized carbons (Fsp3) is 0.509. The number of hydrogen-bond acceptors (Lipinski definition) is 14. The summed E-state index contributed by atoms with van der Waals surface area (Å²) in [6.07, 6.45) is 3.87. The highest BCUT2D eigenvalue weighted by atomic mass is 35.5. The molecule has 0 bridgehead atoms. The van der Waals surface area contributed by atoms with Crippen LogP contribution in [0.2, 0.25) is 5.02 Å². The summed E-state index contributed by atoms with van der Waals surface area (Å²) in [5, 5.41) is 3.70. The minimum absolute atomic E-state index is 0.0194. The Bertz CT molecular complexity index is 2980. The van der Waals surface area contributed by atoms with E-state index >= 15 is 0 Å². The number of sulfone groups is 1. The Kier molecular flexibility index (Phi) is 19.8. The first-order valence-electron chi connectivity index (χ1n) is 27.0. The van der Waals surface area contributed by atoms with E-state index in [0.717, 1.165) is 94.2 Å². The minimum atomic E-state index is -6.08. The third kappa shape index (κ3) is 16.4. The number of hydrogen-bond donors (Lipinski definition) is 2. The first kappa shape index (κ1) is 60.2. The van der Waals surface area contributed by atoms with Crippen LogP contribution >= 0.6 is 23.4 Å². The second-order valence-corrected chi connectivity index (χ2v) is 27.4. The third-order valence-corrected chi connectivity index (χ3v) is 19.2. The maximum atomic E-state index is 14.3. The summed E-state index contributed by atoms with van der Waals surface area (Å²) in [7, 11) is -11.0. The van der Waals surface area contributed by atoms with E-state index in [-0.39, 0.29) is 17.1 Å². The normalized spacial score (nSPS) is 20.2. The van der Waals surface area contributed by atoms with Gasteiger partial charge in [-0.15, -0.1) is 11.8 Å². The number of rotatable bonds is 18. The predicted octanol–water partition coefficient (Wildman–Crippen LogP) is 9.76. The number of amides is 2. The van der Waals surface area contributed by atoms with Crippen LogP contribution in [0.5, 0.6) is 0 Å². The molecule has 2 amide bonds. The molecule has 22 heteroatoms. The number of piperazine rings is 2. The fourth-order valence-electron chi connectivity index (χ4n) is 10.7. The van der Waals surface area contributed by atoms with E-state index in [1.165, 1.54) is 40.6 Å². The summed E-state index contributed by atoms with van der Waals surface area (Å²) in [5.41, 5.74) is -1.94. The topological polar surface area (TPSA) is 161 Å². The van der Waals surface area contributed by atoms with Gasteiger partial charge in [-0.1, -0.05) is 54.4 Å². The molecule has 8 rings (SSSR count). The lowest BCUT2D eigenvalue weighted by Gasteiger charge is -2.44. The van der Waals surface area contributed by atoms with Crippen molar-refractivity contribution in [3.8, 4) is 0 Å². The molecule has 0 spiro atoms. The second-order valence-electron chi connectivity index (χ2n) is 22.2. The highest BCUT2D eigenvalue weighted by Crippen LogP contribution is 2.44. The molecule has 3 aliphatic heterocycles. The third-order valence-electron chi connectivity index (χ3n) is 14.9. The molecule has 3 heterocycles. The van der Waals surface area contributed by atoms with Gasteiger partial charge in [0, 0.05) is 125 Å². The van der Waals surface area contributed by atoms with Crippen molar-refractivity contribution in [2.24, 2.45) is 5.41 Å². The van der Waals surface area contributed by atoms with Crippen molar-refractivity contribution in [3.05, 3.63) is 119 Å². The van der Waals surface area contributed by atoms with E-state index in [2.05, 4.69) is 44.0 Å². The fourth-order valence-corrected chi connectivity index (χ4v) is 13.8. The summed E-state index contributed by atoms with van der Waals surface area (Å²) >= 11 is 7.77. The number of halogens is 4. The van der Waals surface area contributed by atoms with Gasteiger partial charge in [0.15, 0.2) is 0 Å². The number of carbonyl (C=O) groups excluding carboxylic acids is 2. The van der Waals surface area contributed by atoms with E-state index in [4.69, 9.17) is 21.1 Å². The Hall–Kier alpha value is -4.87. The molecule has 430 valence electrons. The number of benzene rings is 4. The van der Waals surface area contributed by atoms with Gasteiger partial charge < -0.3 is 29.5 Å². The average Bonchev–Trinajstić information content (AvgIpc) is 3.79. The molecule has 3 fully saturated rings. The number of alkyl halides is 3. The van der Waals surface area contributed by atoms with Gasteiger partial charge in [-0.25, -0.2) is 26.4 Å². The SMILES string of the molecule is CC(C)(C)OC(=O)N1CCN(C[C@]2(C)CCC(c3ccc(Cl)cc3)=C(CN3CCN(c4ccc(C(=O)NS(=O)(=O)c5ccc(NC(CCN6CCCOCC6)CSc6ccccc6)c(S(=O)(=O)C(F)(F)F)c5)cc4)CC3)C2)CC1. The van der Waals surface area contributed by atoms with Gasteiger partial charge in [-0.3, -0.25) is 14.6 Å². The van der Waals surface area contributed by atoms with Crippen LogP contribution < -0.4 is 14.9 Å². The Balaban J connectivity index is 0.902. The predicted molar refractivity (Wildman–Crippen MR) is 305 cm³/mol. The number of thioether (sulfide) groups is 1. The number of allylic oxidation sites excluding steroid dienone is 1. The molecule has 2 N–H and O–H groups in total. The molecule has 3 saturated heterocycles. The maximum Gasteiger partial charge on any atom is 0.501 e. The van der Waals surface area contributed by atoms with Crippen LogP contribution in [0.1, 0.15) is 75.7 Å². The smallest absolute Gasteiger partial charge is 0.444 e. The number of sulfonamides is 1. The van der Waals surface area contributed by atoms with E-state index < -0.39 is 58.4 Å².